The molecule has 0 saturated heterocycles. The van der Waals surface area contributed by atoms with Gasteiger partial charge in [0.15, 0.2) is 12.4 Å². The average Bonchev–Trinajstić information content (AvgIpc) is 2.90. The first-order valence-electron chi connectivity index (χ1n) is 5.21. The summed E-state index contributed by atoms with van der Waals surface area (Å²) in [4.78, 5) is 22.1. The van der Waals surface area contributed by atoms with Crippen LogP contribution in [-0.2, 0) is 0 Å². The molecule has 0 amide bonds. The van der Waals surface area contributed by atoms with E-state index in [2.05, 4.69) is 0 Å². The Hall–Kier alpha value is -2.28. The summed E-state index contributed by atoms with van der Waals surface area (Å²) in [7, 11) is 0. The van der Waals surface area contributed by atoms with Crippen molar-refractivity contribution in [2.75, 3.05) is 6.61 Å². The van der Waals surface area contributed by atoms with Gasteiger partial charge in [0, 0.05) is 0 Å². The second-order valence-corrected chi connectivity index (χ2v) is 4.51. The van der Waals surface area contributed by atoms with Gasteiger partial charge in [0.2, 0.25) is 5.78 Å². The molecule has 1 heterocycles. The summed E-state index contributed by atoms with van der Waals surface area (Å²) in [6.07, 6.45) is 0. The number of thiophene rings is 1. The molecule has 0 aliphatic heterocycles. The second kappa shape index (κ2) is 5.57. The van der Waals surface area contributed by atoms with Crippen molar-refractivity contribution in [2.45, 2.75) is 0 Å². The zero-order chi connectivity index (χ0) is 13.8. The number of ether oxygens (including phenoxy) is 1. The Labute approximate surface area is 111 Å². The summed E-state index contributed by atoms with van der Waals surface area (Å²) in [6.45, 7) is -0.326. The summed E-state index contributed by atoms with van der Waals surface area (Å²) < 4.78 is 18.0. The molecular formula is C12H8FNO4S. The van der Waals surface area contributed by atoms with E-state index in [1.165, 1.54) is 11.3 Å². The fourth-order valence-corrected chi connectivity index (χ4v) is 2.06. The number of nitro groups is 1. The van der Waals surface area contributed by atoms with Gasteiger partial charge in [-0.3, -0.25) is 14.9 Å². The van der Waals surface area contributed by atoms with E-state index in [4.69, 9.17) is 4.74 Å². The number of nitro benzene ring substituents is 1. The lowest BCUT2D eigenvalue weighted by atomic mass is 10.3. The van der Waals surface area contributed by atoms with Gasteiger partial charge in [0.05, 0.1) is 15.9 Å². The number of hydrogen-bond donors (Lipinski definition) is 0. The Balaban J connectivity index is 2.11. The molecular weight excluding hydrogens is 273 g/mol. The molecule has 0 fully saturated rings. The van der Waals surface area contributed by atoms with Crippen LogP contribution in [-0.4, -0.2) is 17.3 Å². The summed E-state index contributed by atoms with van der Waals surface area (Å²) in [5.74, 6) is -1.14. The first-order valence-corrected chi connectivity index (χ1v) is 6.09. The molecule has 0 saturated carbocycles. The monoisotopic (exact) mass is 281 g/mol. The van der Waals surface area contributed by atoms with Crippen molar-refractivity contribution < 1.29 is 18.8 Å². The highest BCUT2D eigenvalue weighted by Crippen LogP contribution is 2.27. The van der Waals surface area contributed by atoms with Gasteiger partial charge in [-0.05, 0) is 23.6 Å². The van der Waals surface area contributed by atoms with Crippen LogP contribution in [0, 0.1) is 15.9 Å². The molecule has 5 nitrogen and oxygen atoms in total. The Morgan fingerprint density at radius 2 is 2.21 bits per heavy atom. The summed E-state index contributed by atoms with van der Waals surface area (Å²) in [5, 5.41) is 12.5. The molecule has 0 radical (unpaired) electrons. The van der Waals surface area contributed by atoms with Crippen molar-refractivity contribution in [1.82, 2.24) is 0 Å². The summed E-state index contributed by atoms with van der Waals surface area (Å²) >= 11 is 1.26. The van der Waals surface area contributed by atoms with Crippen molar-refractivity contribution in [3.8, 4) is 5.75 Å². The van der Waals surface area contributed by atoms with E-state index in [-0.39, 0.29) is 18.1 Å². The maximum Gasteiger partial charge on any atom is 0.313 e. The highest BCUT2D eigenvalue weighted by Gasteiger charge is 2.17. The topological polar surface area (TPSA) is 69.4 Å². The van der Waals surface area contributed by atoms with E-state index < -0.39 is 16.4 Å². The lowest BCUT2D eigenvalue weighted by Gasteiger charge is -2.05. The predicted molar refractivity (Wildman–Crippen MR) is 67.2 cm³/mol. The Kier molecular flexibility index (Phi) is 3.86. The first-order chi connectivity index (χ1) is 9.08. The minimum absolute atomic E-state index is 0.128. The van der Waals surface area contributed by atoms with Crippen molar-refractivity contribution in [2.24, 2.45) is 0 Å². The third-order valence-electron chi connectivity index (χ3n) is 2.27. The van der Waals surface area contributed by atoms with E-state index in [1.54, 1.807) is 17.5 Å². The minimum atomic E-state index is -0.756. The molecule has 7 heteroatoms. The predicted octanol–water partition coefficient (Wildman–Crippen LogP) is 3.06. The van der Waals surface area contributed by atoms with Gasteiger partial charge in [-0.25, -0.2) is 4.39 Å². The highest BCUT2D eigenvalue weighted by molar-refractivity contribution is 7.12. The van der Waals surface area contributed by atoms with Crippen molar-refractivity contribution in [1.29, 1.82) is 0 Å². The van der Waals surface area contributed by atoms with Gasteiger partial charge in [-0.15, -0.1) is 11.3 Å². The van der Waals surface area contributed by atoms with Crippen LogP contribution in [0.5, 0.6) is 5.75 Å². The van der Waals surface area contributed by atoms with Crippen molar-refractivity contribution in [3.63, 3.8) is 0 Å². The van der Waals surface area contributed by atoms with Crippen molar-refractivity contribution >= 4 is 22.8 Å². The first kappa shape index (κ1) is 13.2. The van der Waals surface area contributed by atoms with Crippen LogP contribution in [0.1, 0.15) is 9.67 Å². The van der Waals surface area contributed by atoms with Gasteiger partial charge in [0.25, 0.3) is 0 Å². The van der Waals surface area contributed by atoms with E-state index in [1.807, 2.05) is 0 Å². The maximum absolute atomic E-state index is 12.9. The molecule has 2 rings (SSSR count). The second-order valence-electron chi connectivity index (χ2n) is 3.56. The summed E-state index contributed by atoms with van der Waals surface area (Å²) in [6, 6.07) is 6.28. The smallest absolute Gasteiger partial charge is 0.313 e. The number of ketones is 1. The van der Waals surface area contributed by atoms with Crippen LogP contribution >= 0.6 is 11.3 Å². The molecule has 0 spiro atoms. The van der Waals surface area contributed by atoms with E-state index in [9.17, 15) is 19.3 Å². The van der Waals surface area contributed by atoms with Crippen LogP contribution in [0.15, 0.2) is 35.7 Å². The quantitative estimate of drug-likeness (QED) is 0.480. The molecule has 0 aliphatic rings. The van der Waals surface area contributed by atoms with Gasteiger partial charge in [-0.2, -0.15) is 0 Å². The molecule has 0 N–H and O–H groups in total. The van der Waals surface area contributed by atoms with Gasteiger partial charge in [0.1, 0.15) is 5.82 Å². The molecule has 19 heavy (non-hydrogen) atoms. The van der Waals surface area contributed by atoms with E-state index >= 15 is 0 Å². The number of Topliss-reactive ketones (excluding diaryl/α,β-unsaturated/α-hetero) is 1. The fraction of sp³-hybridized carbons (Fsp3) is 0.0833. The Morgan fingerprint density at radius 1 is 1.42 bits per heavy atom. The Morgan fingerprint density at radius 3 is 2.84 bits per heavy atom. The molecule has 0 atom stereocenters. The SMILES string of the molecule is O=C(COc1ccc(F)cc1[N+](=O)[O-])c1cccs1. The van der Waals surface area contributed by atoms with E-state index in [0.29, 0.717) is 4.88 Å². The van der Waals surface area contributed by atoms with Crippen LogP contribution in [0.2, 0.25) is 0 Å². The molecule has 1 aromatic heterocycles. The van der Waals surface area contributed by atoms with Gasteiger partial charge >= 0.3 is 5.69 Å². The Bertz CT molecular complexity index is 612. The molecule has 98 valence electrons. The molecule has 1 aromatic carbocycles. The van der Waals surface area contributed by atoms with Gasteiger partial charge in [-0.1, -0.05) is 6.07 Å². The van der Waals surface area contributed by atoms with E-state index in [0.717, 1.165) is 18.2 Å². The summed E-state index contributed by atoms with van der Waals surface area (Å²) in [5.41, 5.74) is -0.501. The van der Waals surface area contributed by atoms with Crippen LogP contribution < -0.4 is 4.74 Å². The number of nitrogens with zero attached hydrogens (tertiary/aromatic N) is 1. The zero-order valence-corrected chi connectivity index (χ0v) is 10.4. The number of halogens is 1. The molecule has 2 aromatic rings. The number of benzene rings is 1. The number of carbonyl (C=O) groups excluding carboxylic acids is 1. The van der Waals surface area contributed by atoms with Gasteiger partial charge < -0.3 is 4.74 Å². The largest absolute Gasteiger partial charge is 0.478 e. The van der Waals surface area contributed by atoms with Crippen LogP contribution in [0.25, 0.3) is 0 Å². The fourth-order valence-electron chi connectivity index (χ4n) is 1.41. The average molecular weight is 281 g/mol. The molecule has 0 bridgehead atoms. The number of hydrogen-bond acceptors (Lipinski definition) is 5. The maximum atomic E-state index is 12.9. The zero-order valence-electron chi connectivity index (χ0n) is 9.54. The minimum Gasteiger partial charge on any atom is -0.478 e. The third kappa shape index (κ3) is 3.14. The number of carbonyl (C=O) groups is 1. The van der Waals surface area contributed by atoms with Crippen LogP contribution in [0.3, 0.4) is 0 Å². The highest BCUT2D eigenvalue weighted by atomic mass is 32.1. The lowest BCUT2D eigenvalue weighted by molar-refractivity contribution is -0.386. The molecule has 0 unspecified atom stereocenters. The standard InChI is InChI=1S/C12H8FNO4S/c13-8-3-4-11(9(6-8)14(16)17)18-7-10(15)12-2-1-5-19-12/h1-6H,7H2. The molecule has 0 aliphatic carbocycles. The van der Waals surface area contributed by atoms with Crippen LogP contribution in [0.4, 0.5) is 10.1 Å². The third-order valence-corrected chi connectivity index (χ3v) is 3.18. The van der Waals surface area contributed by atoms with Crippen molar-refractivity contribution in [3.05, 3.63) is 56.5 Å². The normalized spacial score (nSPS) is 10.2. The lowest BCUT2D eigenvalue weighted by Crippen LogP contribution is -2.11. The number of rotatable bonds is 5.